The molecule has 1 aliphatic heterocycles. The van der Waals surface area contributed by atoms with Gasteiger partial charge in [0.25, 0.3) is 0 Å². The average molecular weight is 394 g/mol. The molecule has 1 aromatic heterocycles. The van der Waals surface area contributed by atoms with Crippen molar-refractivity contribution in [2.45, 2.75) is 50.0 Å². The second kappa shape index (κ2) is 8.39. The van der Waals surface area contributed by atoms with Crippen molar-refractivity contribution in [1.82, 2.24) is 4.98 Å². The molecule has 0 saturated carbocycles. The van der Waals surface area contributed by atoms with Crippen LogP contribution in [0.3, 0.4) is 0 Å². The predicted octanol–water partition coefficient (Wildman–Crippen LogP) is 4.44. The van der Waals surface area contributed by atoms with Gasteiger partial charge in [-0.1, -0.05) is 43.7 Å². The van der Waals surface area contributed by atoms with Gasteiger partial charge in [-0.25, -0.2) is 4.98 Å². The number of hydrogen-bond acceptors (Lipinski definition) is 7. The summed E-state index contributed by atoms with van der Waals surface area (Å²) < 4.78 is 12.8. The zero-order chi connectivity index (χ0) is 18.6. The fourth-order valence-electron chi connectivity index (χ4n) is 3.17. The number of carbonyl (C=O) groups excluding carboxylic acids is 2. The number of unbranched alkanes of at least 4 members (excludes halogenated alkanes) is 1. The van der Waals surface area contributed by atoms with Crippen LogP contribution in [-0.2, 0) is 19.1 Å². The molecule has 2 unspecified atom stereocenters. The van der Waals surface area contributed by atoms with Gasteiger partial charge in [0.1, 0.15) is 6.10 Å². The normalized spacial score (nSPS) is 22.5. The summed E-state index contributed by atoms with van der Waals surface area (Å²) >= 11 is 3.20. The molecular weight excluding hydrogens is 370 g/mol. The number of cyclic esters (lactones) is 1. The molecule has 2 heterocycles. The molecule has 5 nitrogen and oxygen atoms in total. The number of thiazole rings is 1. The van der Waals surface area contributed by atoms with Crippen LogP contribution in [-0.4, -0.2) is 35.4 Å². The summed E-state index contributed by atoms with van der Waals surface area (Å²) in [6.07, 6.45) is 2.30. The van der Waals surface area contributed by atoms with Gasteiger partial charge in [-0.2, -0.15) is 0 Å². The Bertz CT molecular complexity index is 758. The molecule has 2 atom stereocenters. The Balaban J connectivity index is 1.67. The minimum atomic E-state index is -1.13. The molecule has 0 spiro atoms. The van der Waals surface area contributed by atoms with E-state index >= 15 is 0 Å². The second-order valence-electron chi connectivity index (χ2n) is 6.40. The van der Waals surface area contributed by atoms with Crippen LogP contribution in [0.5, 0.6) is 0 Å². The number of aromatic nitrogens is 1. The molecular formula is C19H23NO4S2. The summed E-state index contributed by atoms with van der Waals surface area (Å²) in [7, 11) is 0. The fourth-order valence-corrected chi connectivity index (χ4v) is 5.25. The van der Waals surface area contributed by atoms with E-state index in [1.165, 1.54) is 0 Å². The smallest absolute Gasteiger partial charge is 0.323 e. The van der Waals surface area contributed by atoms with Gasteiger partial charge in [-0.3, -0.25) is 9.59 Å². The predicted molar refractivity (Wildman–Crippen MR) is 103 cm³/mol. The fraction of sp³-hybridized carbons (Fsp3) is 0.526. The summed E-state index contributed by atoms with van der Waals surface area (Å²) in [6, 6.07) is 8.00. The Morgan fingerprint density at radius 2 is 2.23 bits per heavy atom. The van der Waals surface area contributed by atoms with Crippen LogP contribution in [0.2, 0.25) is 0 Å². The van der Waals surface area contributed by atoms with E-state index in [1.54, 1.807) is 30.0 Å². The summed E-state index contributed by atoms with van der Waals surface area (Å²) in [4.78, 5) is 29.6. The van der Waals surface area contributed by atoms with Crippen LogP contribution in [0.25, 0.3) is 10.2 Å². The molecule has 3 rings (SSSR count). The van der Waals surface area contributed by atoms with Gasteiger partial charge < -0.3 is 9.47 Å². The number of fused-ring (bicyclic) bond motifs is 1. The molecule has 0 aliphatic carbocycles. The lowest BCUT2D eigenvalue weighted by Gasteiger charge is -2.22. The first-order valence-corrected chi connectivity index (χ1v) is 10.8. The maximum Gasteiger partial charge on any atom is 0.323 e. The van der Waals surface area contributed by atoms with Crippen LogP contribution in [0.4, 0.5) is 0 Å². The summed E-state index contributed by atoms with van der Waals surface area (Å²) in [6.45, 7) is 4.07. The third kappa shape index (κ3) is 3.88. The van der Waals surface area contributed by atoms with E-state index in [0.29, 0.717) is 18.6 Å². The molecule has 0 radical (unpaired) electrons. The van der Waals surface area contributed by atoms with E-state index in [-0.39, 0.29) is 12.7 Å². The second-order valence-corrected chi connectivity index (χ2v) is 8.69. The number of nitrogens with zero attached hydrogens (tertiary/aromatic N) is 1. The van der Waals surface area contributed by atoms with Gasteiger partial charge >= 0.3 is 11.9 Å². The van der Waals surface area contributed by atoms with Crippen LogP contribution < -0.4 is 0 Å². The third-order valence-corrected chi connectivity index (χ3v) is 6.84. The molecule has 26 heavy (non-hydrogen) atoms. The number of benzene rings is 1. The van der Waals surface area contributed by atoms with Gasteiger partial charge in [0, 0.05) is 12.2 Å². The maximum atomic E-state index is 12.5. The quantitative estimate of drug-likeness (QED) is 0.375. The van der Waals surface area contributed by atoms with Gasteiger partial charge in [0.15, 0.2) is 9.75 Å². The van der Waals surface area contributed by atoms with Gasteiger partial charge in [-0.05, 0) is 25.5 Å². The third-order valence-electron chi connectivity index (χ3n) is 4.53. The SMILES string of the molecule is CCCCC1(C(=O)OCC)CC(CSc2nc3ccccc3s2)OC1=O. The molecule has 7 heteroatoms. The Morgan fingerprint density at radius 1 is 1.42 bits per heavy atom. The van der Waals surface area contributed by atoms with E-state index in [2.05, 4.69) is 4.98 Å². The van der Waals surface area contributed by atoms with Crippen LogP contribution in [0.15, 0.2) is 28.6 Å². The van der Waals surface area contributed by atoms with Crippen molar-refractivity contribution in [3.05, 3.63) is 24.3 Å². The molecule has 0 N–H and O–H groups in total. The van der Waals surface area contributed by atoms with E-state index in [1.807, 2.05) is 31.2 Å². The zero-order valence-corrected chi connectivity index (χ0v) is 16.7. The summed E-state index contributed by atoms with van der Waals surface area (Å²) in [5.41, 5.74) is -0.155. The van der Waals surface area contributed by atoms with Crippen molar-refractivity contribution in [2.24, 2.45) is 5.41 Å². The number of thioether (sulfide) groups is 1. The lowest BCUT2D eigenvalue weighted by Crippen LogP contribution is -2.37. The van der Waals surface area contributed by atoms with Gasteiger partial charge in [0.2, 0.25) is 0 Å². The number of carbonyl (C=O) groups is 2. The monoisotopic (exact) mass is 393 g/mol. The summed E-state index contributed by atoms with van der Waals surface area (Å²) in [5, 5.41) is 0. The average Bonchev–Trinajstić information content (AvgIpc) is 3.19. The minimum Gasteiger partial charge on any atom is -0.465 e. The molecule has 1 aliphatic rings. The first-order valence-electron chi connectivity index (χ1n) is 8.95. The molecule has 140 valence electrons. The standard InChI is InChI=1S/C19H23NO4S2/c1-3-5-10-19(16(21)23-4-2)11-13(24-17(19)22)12-25-18-20-14-8-6-7-9-15(14)26-18/h6-9,13H,3-5,10-12H2,1-2H3. The number of para-hydroxylation sites is 1. The van der Waals surface area contributed by atoms with Crippen molar-refractivity contribution in [3.63, 3.8) is 0 Å². The van der Waals surface area contributed by atoms with Crippen molar-refractivity contribution in [2.75, 3.05) is 12.4 Å². The molecule has 2 aromatic rings. The first-order chi connectivity index (χ1) is 12.6. The zero-order valence-electron chi connectivity index (χ0n) is 15.0. The topological polar surface area (TPSA) is 65.5 Å². The van der Waals surface area contributed by atoms with Gasteiger partial charge in [0.05, 0.1) is 16.8 Å². The summed E-state index contributed by atoms with van der Waals surface area (Å²) in [5.74, 6) is -0.274. The van der Waals surface area contributed by atoms with Gasteiger partial charge in [-0.15, -0.1) is 11.3 Å². The highest BCUT2D eigenvalue weighted by Crippen LogP contribution is 2.42. The number of rotatable bonds is 8. The van der Waals surface area contributed by atoms with Crippen LogP contribution in [0, 0.1) is 5.41 Å². The largest absolute Gasteiger partial charge is 0.465 e. The van der Waals surface area contributed by atoms with Crippen LogP contribution in [0.1, 0.15) is 39.5 Å². The van der Waals surface area contributed by atoms with E-state index < -0.39 is 17.4 Å². The van der Waals surface area contributed by atoms with Crippen molar-refractivity contribution >= 4 is 45.3 Å². The van der Waals surface area contributed by atoms with Crippen molar-refractivity contribution in [1.29, 1.82) is 0 Å². The Hall–Kier alpha value is -1.60. The Kier molecular flexibility index (Phi) is 6.19. The highest BCUT2D eigenvalue weighted by atomic mass is 32.2. The van der Waals surface area contributed by atoms with Crippen LogP contribution >= 0.6 is 23.1 Å². The number of ether oxygens (including phenoxy) is 2. The van der Waals surface area contributed by atoms with Crippen molar-refractivity contribution in [3.8, 4) is 0 Å². The Morgan fingerprint density at radius 3 is 2.96 bits per heavy atom. The highest BCUT2D eigenvalue weighted by Gasteiger charge is 2.55. The molecule has 0 amide bonds. The highest BCUT2D eigenvalue weighted by molar-refractivity contribution is 8.01. The molecule has 0 bridgehead atoms. The lowest BCUT2D eigenvalue weighted by atomic mass is 9.80. The maximum absolute atomic E-state index is 12.5. The van der Waals surface area contributed by atoms with E-state index in [9.17, 15) is 9.59 Å². The molecule has 1 aromatic carbocycles. The van der Waals surface area contributed by atoms with E-state index in [4.69, 9.17) is 9.47 Å². The number of esters is 2. The Labute approximate surface area is 161 Å². The first kappa shape index (κ1) is 19.2. The molecule has 1 fully saturated rings. The van der Waals surface area contributed by atoms with Crippen molar-refractivity contribution < 1.29 is 19.1 Å². The molecule has 1 saturated heterocycles. The minimum absolute atomic E-state index is 0.269. The lowest BCUT2D eigenvalue weighted by molar-refractivity contribution is -0.165. The van der Waals surface area contributed by atoms with E-state index in [0.717, 1.165) is 27.4 Å². The number of hydrogen-bond donors (Lipinski definition) is 0.